The molecule has 3 rings (SSSR count). The average molecular weight is 482 g/mol. The van der Waals surface area contributed by atoms with E-state index in [0.717, 1.165) is 49.0 Å². The van der Waals surface area contributed by atoms with Crippen molar-refractivity contribution in [2.75, 3.05) is 50.6 Å². The van der Waals surface area contributed by atoms with Gasteiger partial charge in [-0.3, -0.25) is 0 Å². The fourth-order valence-corrected chi connectivity index (χ4v) is 2.92. The number of nitrogens with two attached hydrogens (primary N) is 1. The minimum atomic E-state index is 0. The molecule has 0 radical (unpaired) electrons. The van der Waals surface area contributed by atoms with Gasteiger partial charge >= 0.3 is 0 Å². The van der Waals surface area contributed by atoms with Gasteiger partial charge in [-0.25, -0.2) is 9.98 Å². The second-order valence-electron chi connectivity index (χ2n) is 6.33. The summed E-state index contributed by atoms with van der Waals surface area (Å²) in [5.74, 6) is 2.14. The Morgan fingerprint density at radius 2 is 2.00 bits per heavy atom. The van der Waals surface area contributed by atoms with Crippen LogP contribution in [0.25, 0.3) is 0 Å². The van der Waals surface area contributed by atoms with E-state index in [1.165, 1.54) is 0 Å². The standard InChI is InChI=1S/C19H26N6O.HI/c1-24-9-11-25(12-10-24)18-15(5-4-8-21-18)14-22-19(20)23-16-6-3-7-17(13-16)26-2;/h3-8,13H,9-12,14H2,1-2H3,(H3,20,22,23);1H. The van der Waals surface area contributed by atoms with Crippen molar-refractivity contribution in [1.29, 1.82) is 0 Å². The molecule has 0 atom stereocenters. The number of pyridine rings is 1. The lowest BCUT2D eigenvalue weighted by molar-refractivity contribution is 0.312. The van der Waals surface area contributed by atoms with Gasteiger partial charge in [-0.1, -0.05) is 12.1 Å². The van der Waals surface area contributed by atoms with Crippen LogP contribution in [0.15, 0.2) is 47.6 Å². The van der Waals surface area contributed by atoms with E-state index in [9.17, 15) is 0 Å². The van der Waals surface area contributed by atoms with Crippen LogP contribution in [-0.2, 0) is 6.54 Å². The molecular weight excluding hydrogens is 455 g/mol. The molecule has 2 aromatic rings. The van der Waals surface area contributed by atoms with Crippen molar-refractivity contribution >= 4 is 41.4 Å². The fourth-order valence-electron chi connectivity index (χ4n) is 2.92. The Kier molecular flexibility index (Phi) is 8.11. The summed E-state index contributed by atoms with van der Waals surface area (Å²) >= 11 is 0. The Balaban J connectivity index is 0.00000261. The van der Waals surface area contributed by atoms with Crippen LogP contribution in [0.1, 0.15) is 5.56 Å². The van der Waals surface area contributed by atoms with E-state index in [-0.39, 0.29) is 24.0 Å². The van der Waals surface area contributed by atoms with Gasteiger partial charge < -0.3 is 25.6 Å². The van der Waals surface area contributed by atoms with Crippen LogP contribution in [0, 0.1) is 0 Å². The lowest BCUT2D eigenvalue weighted by Gasteiger charge is -2.34. The number of hydrogen-bond donors (Lipinski definition) is 2. The van der Waals surface area contributed by atoms with E-state index in [1.807, 2.05) is 36.5 Å². The van der Waals surface area contributed by atoms with Crippen molar-refractivity contribution < 1.29 is 4.74 Å². The Labute approximate surface area is 177 Å². The number of guanidine groups is 1. The molecule has 1 aromatic carbocycles. The summed E-state index contributed by atoms with van der Waals surface area (Å²) in [6, 6.07) is 11.6. The Hall–Kier alpha value is -2.07. The Bertz CT molecular complexity index is 761. The molecule has 1 aromatic heterocycles. The molecule has 1 aliphatic heterocycles. The van der Waals surface area contributed by atoms with Crippen LogP contribution in [0.5, 0.6) is 5.75 Å². The van der Waals surface area contributed by atoms with Gasteiger partial charge in [0.05, 0.1) is 13.7 Å². The zero-order valence-electron chi connectivity index (χ0n) is 15.8. The molecule has 8 heteroatoms. The highest BCUT2D eigenvalue weighted by molar-refractivity contribution is 14.0. The molecule has 27 heavy (non-hydrogen) atoms. The number of ether oxygens (including phenoxy) is 1. The van der Waals surface area contributed by atoms with Crippen molar-refractivity contribution in [3.05, 3.63) is 48.2 Å². The molecule has 146 valence electrons. The van der Waals surface area contributed by atoms with Crippen molar-refractivity contribution in [2.45, 2.75) is 6.54 Å². The molecule has 0 spiro atoms. The monoisotopic (exact) mass is 482 g/mol. The van der Waals surface area contributed by atoms with Gasteiger partial charge in [0.1, 0.15) is 11.6 Å². The number of nitrogens with one attached hydrogen (secondary N) is 1. The van der Waals surface area contributed by atoms with Gasteiger partial charge in [0, 0.05) is 49.7 Å². The normalized spacial score (nSPS) is 15.2. The molecule has 0 bridgehead atoms. The van der Waals surface area contributed by atoms with Gasteiger partial charge in [-0.05, 0) is 25.2 Å². The highest BCUT2D eigenvalue weighted by Crippen LogP contribution is 2.20. The maximum absolute atomic E-state index is 6.05. The molecular formula is C19H27IN6O. The summed E-state index contributed by atoms with van der Waals surface area (Å²) in [5.41, 5.74) is 7.97. The predicted molar refractivity (Wildman–Crippen MR) is 121 cm³/mol. The molecule has 1 aliphatic rings. The van der Waals surface area contributed by atoms with Gasteiger partial charge in [0.15, 0.2) is 5.96 Å². The van der Waals surface area contributed by atoms with Crippen molar-refractivity contribution in [3.8, 4) is 5.75 Å². The quantitative estimate of drug-likeness (QED) is 0.387. The number of anilines is 2. The van der Waals surface area contributed by atoms with Crippen molar-refractivity contribution in [1.82, 2.24) is 9.88 Å². The summed E-state index contributed by atoms with van der Waals surface area (Å²) in [6.07, 6.45) is 1.83. The van der Waals surface area contributed by atoms with Crippen molar-refractivity contribution in [2.24, 2.45) is 10.7 Å². The van der Waals surface area contributed by atoms with Crippen LogP contribution in [0.3, 0.4) is 0 Å². The largest absolute Gasteiger partial charge is 0.497 e. The van der Waals surface area contributed by atoms with Gasteiger partial charge in [0.2, 0.25) is 0 Å². The molecule has 0 aliphatic carbocycles. The minimum Gasteiger partial charge on any atom is -0.497 e. The number of likely N-dealkylation sites (N-methyl/N-ethyl adjacent to an activating group) is 1. The molecule has 0 amide bonds. The van der Waals surface area contributed by atoms with Crippen LogP contribution in [0.4, 0.5) is 11.5 Å². The van der Waals surface area contributed by atoms with Crippen LogP contribution in [0.2, 0.25) is 0 Å². The third-order valence-electron chi connectivity index (χ3n) is 4.43. The lowest BCUT2D eigenvalue weighted by atomic mass is 10.2. The first-order valence-corrected chi connectivity index (χ1v) is 8.74. The first-order chi connectivity index (χ1) is 12.7. The van der Waals surface area contributed by atoms with Gasteiger partial charge in [-0.15, -0.1) is 24.0 Å². The van der Waals surface area contributed by atoms with E-state index in [1.54, 1.807) is 7.11 Å². The van der Waals surface area contributed by atoms with Crippen LogP contribution < -0.4 is 20.7 Å². The number of nitrogens with zero attached hydrogens (tertiary/aromatic N) is 4. The lowest BCUT2D eigenvalue weighted by Crippen LogP contribution is -2.45. The minimum absolute atomic E-state index is 0. The van der Waals surface area contributed by atoms with Gasteiger partial charge in [-0.2, -0.15) is 0 Å². The molecule has 1 fully saturated rings. The number of rotatable bonds is 5. The molecule has 0 unspecified atom stereocenters. The fraction of sp³-hybridized carbons (Fsp3) is 0.368. The highest BCUT2D eigenvalue weighted by Gasteiger charge is 2.17. The third-order valence-corrected chi connectivity index (χ3v) is 4.43. The number of benzene rings is 1. The summed E-state index contributed by atoms with van der Waals surface area (Å²) in [7, 11) is 3.78. The van der Waals surface area contributed by atoms with E-state index < -0.39 is 0 Å². The zero-order valence-corrected chi connectivity index (χ0v) is 18.1. The first kappa shape index (κ1) is 21.2. The second kappa shape index (κ2) is 10.3. The Morgan fingerprint density at radius 3 is 2.74 bits per heavy atom. The van der Waals surface area contributed by atoms with E-state index >= 15 is 0 Å². The molecule has 7 nitrogen and oxygen atoms in total. The van der Waals surface area contributed by atoms with E-state index in [2.05, 4.69) is 38.2 Å². The van der Waals surface area contributed by atoms with Gasteiger partial charge in [0.25, 0.3) is 0 Å². The number of aromatic nitrogens is 1. The SMILES string of the molecule is COc1cccc(NC(N)=NCc2cccnc2N2CCN(C)CC2)c1.I. The summed E-state index contributed by atoms with van der Waals surface area (Å²) in [5, 5.41) is 3.10. The average Bonchev–Trinajstić information content (AvgIpc) is 2.67. The molecule has 1 saturated heterocycles. The predicted octanol–water partition coefficient (Wildman–Crippen LogP) is 2.39. The third kappa shape index (κ3) is 5.96. The van der Waals surface area contributed by atoms with E-state index in [4.69, 9.17) is 10.5 Å². The maximum atomic E-state index is 6.05. The second-order valence-corrected chi connectivity index (χ2v) is 6.33. The summed E-state index contributed by atoms with van der Waals surface area (Å²) in [6.45, 7) is 4.51. The van der Waals surface area contributed by atoms with Crippen LogP contribution in [-0.4, -0.2) is 56.2 Å². The molecule has 3 N–H and O–H groups in total. The number of piperazine rings is 1. The summed E-state index contributed by atoms with van der Waals surface area (Å²) < 4.78 is 5.22. The van der Waals surface area contributed by atoms with Crippen molar-refractivity contribution in [3.63, 3.8) is 0 Å². The maximum Gasteiger partial charge on any atom is 0.193 e. The zero-order chi connectivity index (χ0) is 18.4. The number of hydrogen-bond acceptors (Lipinski definition) is 5. The number of halogens is 1. The Morgan fingerprint density at radius 1 is 1.22 bits per heavy atom. The molecule has 2 heterocycles. The summed E-state index contributed by atoms with van der Waals surface area (Å²) in [4.78, 5) is 13.7. The van der Waals surface area contributed by atoms with Crippen LogP contribution >= 0.6 is 24.0 Å². The molecule has 0 saturated carbocycles. The smallest absolute Gasteiger partial charge is 0.193 e. The number of methoxy groups -OCH3 is 1. The topological polar surface area (TPSA) is 79.0 Å². The highest BCUT2D eigenvalue weighted by atomic mass is 127. The van der Waals surface area contributed by atoms with E-state index in [0.29, 0.717) is 12.5 Å². The number of aliphatic imine (C=N–C) groups is 1. The first-order valence-electron chi connectivity index (χ1n) is 8.74.